The summed E-state index contributed by atoms with van der Waals surface area (Å²) >= 11 is 3.34. The molecule has 0 bridgehead atoms. The van der Waals surface area contributed by atoms with Crippen molar-refractivity contribution in [2.45, 2.75) is 25.7 Å². The van der Waals surface area contributed by atoms with Crippen molar-refractivity contribution < 1.29 is 14.4 Å². The molecule has 2 fully saturated rings. The number of halogens is 1. The SMILES string of the molecule is O=C1NC(=O)C2(CCCC2)C(=O)N1c1ccccc1Br. The lowest BCUT2D eigenvalue weighted by Crippen LogP contribution is -2.63. The molecule has 1 saturated carbocycles. The third-order valence-corrected chi connectivity index (χ3v) is 4.69. The van der Waals surface area contributed by atoms with Crippen molar-refractivity contribution in [3.8, 4) is 0 Å². The van der Waals surface area contributed by atoms with Crippen LogP contribution in [0.15, 0.2) is 28.7 Å². The van der Waals surface area contributed by atoms with Gasteiger partial charge in [-0.1, -0.05) is 25.0 Å². The van der Waals surface area contributed by atoms with Crippen molar-refractivity contribution in [3.05, 3.63) is 28.7 Å². The van der Waals surface area contributed by atoms with Gasteiger partial charge in [-0.15, -0.1) is 0 Å². The molecule has 20 heavy (non-hydrogen) atoms. The third kappa shape index (κ3) is 1.78. The molecule has 0 atom stereocenters. The molecule has 1 N–H and O–H groups in total. The fourth-order valence-corrected chi connectivity index (χ4v) is 3.41. The number of barbiturate groups is 1. The van der Waals surface area contributed by atoms with Crippen LogP contribution in [0.2, 0.25) is 0 Å². The van der Waals surface area contributed by atoms with E-state index in [0.717, 1.165) is 17.7 Å². The van der Waals surface area contributed by atoms with Crippen LogP contribution in [0.5, 0.6) is 0 Å². The Morgan fingerprint density at radius 2 is 1.75 bits per heavy atom. The summed E-state index contributed by atoms with van der Waals surface area (Å²) in [5, 5.41) is 2.32. The molecule has 5 nitrogen and oxygen atoms in total. The number of para-hydroxylation sites is 1. The summed E-state index contributed by atoms with van der Waals surface area (Å²) in [6, 6.07) is 6.31. The number of hydrogen-bond acceptors (Lipinski definition) is 3. The Hall–Kier alpha value is -1.69. The quantitative estimate of drug-likeness (QED) is 0.801. The number of nitrogens with zero attached hydrogens (tertiary/aromatic N) is 1. The van der Waals surface area contributed by atoms with E-state index in [4.69, 9.17) is 0 Å². The lowest BCUT2D eigenvalue weighted by atomic mass is 9.82. The van der Waals surface area contributed by atoms with E-state index in [9.17, 15) is 14.4 Å². The third-order valence-electron chi connectivity index (χ3n) is 4.02. The van der Waals surface area contributed by atoms with Crippen LogP contribution in [0.3, 0.4) is 0 Å². The number of benzene rings is 1. The number of carbonyl (C=O) groups is 3. The Kier molecular flexibility index (Phi) is 3.12. The van der Waals surface area contributed by atoms with Gasteiger partial charge in [-0.25, -0.2) is 9.69 Å². The average molecular weight is 337 g/mol. The minimum atomic E-state index is -1.07. The number of urea groups is 1. The van der Waals surface area contributed by atoms with Crippen molar-refractivity contribution in [1.29, 1.82) is 0 Å². The molecular weight excluding hydrogens is 324 g/mol. The topological polar surface area (TPSA) is 66.5 Å². The number of anilines is 1. The van der Waals surface area contributed by atoms with Gasteiger partial charge in [-0.2, -0.15) is 0 Å². The summed E-state index contributed by atoms with van der Waals surface area (Å²) in [5.41, 5.74) is -0.600. The van der Waals surface area contributed by atoms with E-state index < -0.39 is 23.3 Å². The fraction of sp³-hybridized carbons (Fsp3) is 0.357. The summed E-state index contributed by atoms with van der Waals surface area (Å²) in [4.78, 5) is 38.0. The summed E-state index contributed by atoms with van der Waals surface area (Å²) in [6.45, 7) is 0. The van der Waals surface area contributed by atoms with Gasteiger partial charge in [0.15, 0.2) is 0 Å². The highest BCUT2D eigenvalue weighted by atomic mass is 79.9. The molecule has 1 spiro atoms. The van der Waals surface area contributed by atoms with E-state index in [1.807, 2.05) is 0 Å². The molecule has 3 rings (SSSR count). The zero-order chi connectivity index (χ0) is 14.3. The first-order valence-electron chi connectivity index (χ1n) is 6.51. The Balaban J connectivity index is 2.07. The van der Waals surface area contributed by atoms with Gasteiger partial charge in [0, 0.05) is 4.47 Å². The van der Waals surface area contributed by atoms with Gasteiger partial charge in [-0.3, -0.25) is 14.9 Å². The Bertz CT molecular complexity index is 608. The van der Waals surface area contributed by atoms with Gasteiger partial charge in [0.05, 0.1) is 5.69 Å². The maximum Gasteiger partial charge on any atom is 0.335 e. The molecule has 0 radical (unpaired) electrons. The normalized spacial score (nSPS) is 21.4. The maximum absolute atomic E-state index is 12.7. The predicted molar refractivity (Wildman–Crippen MR) is 76.1 cm³/mol. The predicted octanol–water partition coefficient (Wildman–Crippen LogP) is 2.59. The lowest BCUT2D eigenvalue weighted by Gasteiger charge is -2.37. The Labute approximate surface area is 124 Å². The maximum atomic E-state index is 12.7. The van der Waals surface area contributed by atoms with Crippen LogP contribution in [0.4, 0.5) is 10.5 Å². The number of carbonyl (C=O) groups excluding carboxylic acids is 3. The molecule has 0 aromatic heterocycles. The number of amides is 4. The number of hydrogen-bond donors (Lipinski definition) is 1. The highest BCUT2D eigenvalue weighted by Gasteiger charge is 2.55. The van der Waals surface area contributed by atoms with Crippen LogP contribution in [0.1, 0.15) is 25.7 Å². The molecule has 1 aliphatic heterocycles. The fourth-order valence-electron chi connectivity index (χ4n) is 2.95. The van der Waals surface area contributed by atoms with Crippen LogP contribution >= 0.6 is 15.9 Å². The Morgan fingerprint density at radius 1 is 1.10 bits per heavy atom. The van der Waals surface area contributed by atoms with Gasteiger partial charge in [-0.05, 0) is 40.9 Å². The van der Waals surface area contributed by atoms with Gasteiger partial charge in [0.1, 0.15) is 5.41 Å². The van der Waals surface area contributed by atoms with Crippen molar-refractivity contribution in [2.24, 2.45) is 5.41 Å². The van der Waals surface area contributed by atoms with Gasteiger partial charge < -0.3 is 0 Å². The molecule has 1 saturated heterocycles. The molecule has 1 aromatic carbocycles. The van der Waals surface area contributed by atoms with Gasteiger partial charge in [0.25, 0.3) is 5.91 Å². The first-order chi connectivity index (χ1) is 9.56. The van der Waals surface area contributed by atoms with E-state index in [0.29, 0.717) is 23.0 Å². The molecule has 1 aliphatic carbocycles. The number of imide groups is 2. The largest absolute Gasteiger partial charge is 0.335 e. The van der Waals surface area contributed by atoms with Crippen molar-refractivity contribution >= 4 is 39.5 Å². The van der Waals surface area contributed by atoms with Crippen LogP contribution < -0.4 is 10.2 Å². The van der Waals surface area contributed by atoms with E-state index in [-0.39, 0.29) is 0 Å². The standard InChI is InChI=1S/C14H13BrN2O3/c15-9-5-1-2-6-10(9)17-12(19)14(7-3-4-8-14)11(18)16-13(17)20/h1-2,5-6H,3-4,7-8H2,(H,16,18,20). The second-order valence-electron chi connectivity index (χ2n) is 5.14. The summed E-state index contributed by atoms with van der Waals surface area (Å²) in [6.07, 6.45) is 2.67. The van der Waals surface area contributed by atoms with E-state index in [1.165, 1.54) is 0 Å². The second kappa shape index (κ2) is 4.70. The second-order valence-corrected chi connectivity index (χ2v) is 5.99. The molecule has 2 aliphatic rings. The Morgan fingerprint density at radius 3 is 2.40 bits per heavy atom. The summed E-state index contributed by atoms with van der Waals surface area (Å²) < 4.78 is 0.644. The van der Waals surface area contributed by atoms with E-state index >= 15 is 0 Å². The minimum absolute atomic E-state index is 0.407. The zero-order valence-corrected chi connectivity index (χ0v) is 12.3. The molecule has 1 aromatic rings. The first-order valence-corrected chi connectivity index (χ1v) is 7.30. The molecular formula is C14H13BrN2O3. The highest BCUT2D eigenvalue weighted by molar-refractivity contribution is 9.10. The van der Waals surface area contributed by atoms with Crippen molar-refractivity contribution in [2.75, 3.05) is 4.90 Å². The zero-order valence-electron chi connectivity index (χ0n) is 10.7. The molecule has 1 heterocycles. The van der Waals surface area contributed by atoms with Crippen LogP contribution in [-0.4, -0.2) is 17.8 Å². The summed E-state index contributed by atoms with van der Waals surface area (Å²) in [7, 11) is 0. The first kappa shape index (κ1) is 13.3. The van der Waals surface area contributed by atoms with E-state index in [1.54, 1.807) is 24.3 Å². The molecule has 6 heteroatoms. The van der Waals surface area contributed by atoms with Gasteiger partial charge >= 0.3 is 6.03 Å². The van der Waals surface area contributed by atoms with Crippen molar-refractivity contribution in [1.82, 2.24) is 5.32 Å². The minimum Gasteiger partial charge on any atom is -0.276 e. The molecule has 0 unspecified atom stereocenters. The average Bonchev–Trinajstić information content (AvgIpc) is 2.90. The smallest absolute Gasteiger partial charge is 0.276 e. The number of rotatable bonds is 1. The van der Waals surface area contributed by atoms with E-state index in [2.05, 4.69) is 21.2 Å². The number of nitrogens with one attached hydrogen (secondary N) is 1. The van der Waals surface area contributed by atoms with Crippen molar-refractivity contribution in [3.63, 3.8) is 0 Å². The molecule has 104 valence electrons. The van der Waals surface area contributed by atoms with Gasteiger partial charge in [0.2, 0.25) is 5.91 Å². The summed E-state index contributed by atoms with van der Waals surface area (Å²) in [5.74, 6) is -0.857. The van der Waals surface area contributed by atoms with Crippen LogP contribution in [-0.2, 0) is 9.59 Å². The lowest BCUT2D eigenvalue weighted by molar-refractivity contribution is -0.142. The highest BCUT2D eigenvalue weighted by Crippen LogP contribution is 2.43. The van der Waals surface area contributed by atoms with Crippen LogP contribution in [0.25, 0.3) is 0 Å². The monoisotopic (exact) mass is 336 g/mol. The molecule has 4 amide bonds. The van der Waals surface area contributed by atoms with Crippen LogP contribution in [0, 0.1) is 5.41 Å².